The van der Waals surface area contributed by atoms with Gasteiger partial charge in [0.05, 0.1) is 31.1 Å². The van der Waals surface area contributed by atoms with Gasteiger partial charge in [0.2, 0.25) is 0 Å². The van der Waals surface area contributed by atoms with E-state index in [1.807, 2.05) is 22.9 Å². The van der Waals surface area contributed by atoms with Crippen molar-refractivity contribution < 1.29 is 26.7 Å². The van der Waals surface area contributed by atoms with Gasteiger partial charge < -0.3 is 22.1 Å². The van der Waals surface area contributed by atoms with Gasteiger partial charge in [-0.05, 0) is 29.5 Å². The van der Waals surface area contributed by atoms with Gasteiger partial charge in [0.15, 0.2) is 0 Å². The van der Waals surface area contributed by atoms with Gasteiger partial charge in [-0.1, -0.05) is 26.8 Å². The maximum Gasteiger partial charge on any atom is 0.333 e. The summed E-state index contributed by atoms with van der Waals surface area (Å²) in [5.41, 5.74) is 3.41. The monoisotopic (exact) mass is 406 g/mol. The molecule has 0 bridgehead atoms. The summed E-state index contributed by atoms with van der Waals surface area (Å²) in [5, 5.41) is 11.9. The van der Waals surface area contributed by atoms with Crippen LogP contribution in [0.5, 0.6) is 0 Å². The molecule has 1 aliphatic heterocycles. The predicted octanol–water partition coefficient (Wildman–Crippen LogP) is -1.13. The van der Waals surface area contributed by atoms with Gasteiger partial charge >= 0.3 is 11.4 Å². The van der Waals surface area contributed by atoms with E-state index in [1.54, 1.807) is 6.20 Å². The number of aromatic amines is 1. The van der Waals surface area contributed by atoms with Crippen molar-refractivity contribution in [2.24, 2.45) is 10.4 Å². The fraction of sp³-hybridized carbons (Fsp3) is 0.389. The van der Waals surface area contributed by atoms with Gasteiger partial charge in [-0.15, -0.1) is 0 Å². The summed E-state index contributed by atoms with van der Waals surface area (Å²) in [6.45, 7) is 8.67. The molecule has 7 heteroatoms. The van der Waals surface area contributed by atoms with Crippen LogP contribution in [-0.2, 0) is 6.54 Å². The number of aliphatic imine (C=N–C) groups is 1. The van der Waals surface area contributed by atoms with Crippen molar-refractivity contribution in [1.29, 1.82) is 0 Å². The van der Waals surface area contributed by atoms with Crippen LogP contribution in [0.1, 0.15) is 33.4 Å². The minimum absolute atomic E-state index is 0. The summed E-state index contributed by atoms with van der Waals surface area (Å²) in [6.07, 6.45) is 3.55. The smallest absolute Gasteiger partial charge is 0.333 e. The quantitative estimate of drug-likeness (QED) is 0.633. The van der Waals surface area contributed by atoms with E-state index in [2.05, 4.69) is 43.9 Å². The number of aromatic nitrogens is 3. The van der Waals surface area contributed by atoms with E-state index in [9.17, 15) is 4.79 Å². The van der Waals surface area contributed by atoms with Crippen LogP contribution >= 0.6 is 0 Å². The average molecular weight is 407 g/mol. The van der Waals surface area contributed by atoms with Crippen LogP contribution in [0.15, 0.2) is 46.0 Å². The summed E-state index contributed by atoms with van der Waals surface area (Å²) >= 11 is 0. The Morgan fingerprint density at radius 1 is 1.32 bits per heavy atom. The molecule has 0 aliphatic carbocycles. The van der Waals surface area contributed by atoms with Gasteiger partial charge in [-0.25, -0.2) is 4.68 Å². The van der Waals surface area contributed by atoms with Gasteiger partial charge in [-0.2, -0.15) is 4.57 Å². The Kier molecular flexibility index (Phi) is 5.49. The Morgan fingerprint density at radius 2 is 2.04 bits per heavy atom. The third kappa shape index (κ3) is 3.39. The van der Waals surface area contributed by atoms with Crippen LogP contribution in [0.25, 0.3) is 5.57 Å². The summed E-state index contributed by atoms with van der Waals surface area (Å²) in [4.78, 5) is 17.1. The van der Waals surface area contributed by atoms with Crippen LogP contribution in [-0.4, -0.2) is 27.3 Å². The van der Waals surface area contributed by atoms with E-state index >= 15 is 0 Å². The number of halogens is 1. The first-order valence-corrected chi connectivity index (χ1v) is 8.05. The number of hydrogen-bond acceptors (Lipinski definition) is 3. The van der Waals surface area contributed by atoms with Gasteiger partial charge in [0, 0.05) is 5.57 Å². The second-order valence-corrected chi connectivity index (χ2v) is 6.98. The summed E-state index contributed by atoms with van der Waals surface area (Å²) in [7, 11) is 0. The first-order chi connectivity index (χ1) is 11.3. The number of allylic oxidation sites excluding steroid dienone is 2. The largest absolute Gasteiger partial charge is 1.00 e. The Hall–Kier alpha value is -1.99. The molecule has 0 fully saturated rings. The van der Waals surface area contributed by atoms with Crippen molar-refractivity contribution in [3.05, 3.63) is 52.2 Å². The zero-order valence-electron chi connectivity index (χ0n) is 14.9. The van der Waals surface area contributed by atoms with Crippen LogP contribution in [0.4, 0.5) is 5.69 Å². The molecule has 2 aromatic rings. The van der Waals surface area contributed by atoms with Crippen molar-refractivity contribution in [1.82, 2.24) is 9.78 Å². The Labute approximate surface area is 157 Å². The Morgan fingerprint density at radius 3 is 2.68 bits per heavy atom. The average Bonchev–Trinajstić information content (AvgIpc) is 3.00. The van der Waals surface area contributed by atoms with Crippen LogP contribution in [0.3, 0.4) is 0 Å². The first kappa shape index (κ1) is 19.3. The number of aliphatic hydroxyl groups excluding tert-OH is 1. The standard InChI is InChI=1S/C18H22N4O2.BrH/c1-12-14-7-5-6-8-21(14)16(15(12)18(2,3)4)20-13-11-19-22(9-10-23)17(13)24;/h5-8,11,23H,9-10H2,1-4H3;1H. The number of hydrogen-bond donors (Lipinski definition) is 2. The highest BCUT2D eigenvalue weighted by Gasteiger charge is 2.39. The van der Waals surface area contributed by atoms with E-state index in [0.717, 1.165) is 17.1 Å². The van der Waals surface area contributed by atoms with E-state index in [1.165, 1.54) is 10.3 Å². The molecule has 0 atom stereocenters. The second kappa shape index (κ2) is 7.09. The molecule has 1 aliphatic rings. The lowest BCUT2D eigenvalue weighted by Gasteiger charge is -2.18. The minimum atomic E-state index is -0.229. The molecule has 0 spiro atoms. The summed E-state index contributed by atoms with van der Waals surface area (Å²) < 4.78 is 3.39. The number of H-pyrrole nitrogens is 1. The van der Waals surface area contributed by atoms with Gasteiger partial charge in [-0.3, -0.25) is 9.89 Å². The van der Waals surface area contributed by atoms with Crippen LogP contribution in [0.2, 0.25) is 0 Å². The molecule has 6 nitrogen and oxygen atoms in total. The molecule has 2 N–H and O–H groups in total. The molecule has 3 rings (SSSR count). The molecule has 0 saturated carbocycles. The molecular formula is C18H23BrN4O2. The molecule has 0 unspecified atom stereocenters. The highest BCUT2D eigenvalue weighted by atomic mass is 79.9. The van der Waals surface area contributed by atoms with Crippen molar-refractivity contribution in [3.8, 4) is 0 Å². The molecule has 3 heterocycles. The van der Waals surface area contributed by atoms with Crippen molar-refractivity contribution in [3.63, 3.8) is 0 Å². The van der Waals surface area contributed by atoms with E-state index in [4.69, 9.17) is 5.11 Å². The van der Waals surface area contributed by atoms with Crippen molar-refractivity contribution in [2.45, 2.75) is 34.2 Å². The number of aliphatic hydroxyl groups is 1. The normalized spacial score (nSPS) is 15.5. The SMILES string of the molecule is CC1=C(C(C)(C)C)C(=Nc2c[nH]n(CCO)c2=O)[n+]2ccccc21.[Br-]. The molecule has 0 amide bonds. The molecule has 25 heavy (non-hydrogen) atoms. The molecule has 2 aromatic heterocycles. The lowest BCUT2D eigenvalue weighted by molar-refractivity contribution is -0.554. The first-order valence-electron chi connectivity index (χ1n) is 8.05. The zero-order valence-corrected chi connectivity index (χ0v) is 16.5. The lowest BCUT2D eigenvalue weighted by atomic mass is 9.83. The van der Waals surface area contributed by atoms with Crippen molar-refractivity contribution >= 4 is 17.1 Å². The van der Waals surface area contributed by atoms with Crippen LogP contribution < -0.4 is 27.1 Å². The maximum atomic E-state index is 12.4. The molecule has 0 radical (unpaired) electrons. The van der Waals surface area contributed by atoms with Gasteiger partial charge in [0.25, 0.3) is 5.69 Å². The fourth-order valence-corrected chi connectivity index (χ4v) is 3.22. The molecule has 0 saturated heterocycles. The maximum absolute atomic E-state index is 12.4. The Bertz CT molecular complexity index is 900. The second-order valence-electron chi connectivity index (χ2n) is 6.98. The predicted molar refractivity (Wildman–Crippen MR) is 93.3 cm³/mol. The van der Waals surface area contributed by atoms with E-state index in [0.29, 0.717) is 5.69 Å². The molecule has 0 aromatic carbocycles. The van der Waals surface area contributed by atoms with Crippen LogP contribution in [0, 0.1) is 5.41 Å². The van der Waals surface area contributed by atoms with Gasteiger partial charge in [0.1, 0.15) is 5.69 Å². The molecule has 134 valence electrons. The summed E-state index contributed by atoms with van der Waals surface area (Å²) in [5.74, 6) is 0.780. The fourth-order valence-electron chi connectivity index (χ4n) is 3.22. The summed E-state index contributed by atoms with van der Waals surface area (Å²) in [6, 6.07) is 6.02. The zero-order chi connectivity index (χ0) is 17.5. The number of pyridine rings is 1. The molecular weight excluding hydrogens is 384 g/mol. The van der Waals surface area contributed by atoms with E-state index < -0.39 is 0 Å². The highest BCUT2D eigenvalue weighted by Crippen LogP contribution is 2.35. The van der Waals surface area contributed by atoms with E-state index in [-0.39, 0.29) is 41.1 Å². The number of fused-ring (bicyclic) bond motifs is 1. The minimum Gasteiger partial charge on any atom is -1.00 e. The number of nitrogens with zero attached hydrogens (tertiary/aromatic N) is 3. The Balaban J connectivity index is 0.00000225. The third-order valence-electron chi connectivity index (χ3n) is 4.19. The lowest BCUT2D eigenvalue weighted by Crippen LogP contribution is -3.00. The highest BCUT2D eigenvalue weighted by molar-refractivity contribution is 6.04. The third-order valence-corrected chi connectivity index (χ3v) is 4.19. The topological polar surface area (TPSA) is 74.3 Å². The van der Waals surface area contributed by atoms with Crippen molar-refractivity contribution in [2.75, 3.05) is 6.61 Å². The number of nitrogens with one attached hydrogen (secondary N) is 1. The number of rotatable bonds is 3.